The summed E-state index contributed by atoms with van der Waals surface area (Å²) in [6.07, 6.45) is 1.51. The van der Waals surface area contributed by atoms with Crippen molar-refractivity contribution in [1.82, 2.24) is 4.72 Å². The molecular formula is C15H35N2O2S+. The van der Waals surface area contributed by atoms with Crippen molar-refractivity contribution < 1.29 is 12.9 Å². The first-order valence-corrected chi connectivity index (χ1v) is 9.02. The van der Waals surface area contributed by atoms with Crippen LogP contribution in [0.2, 0.25) is 0 Å². The molecule has 0 heterocycles. The van der Waals surface area contributed by atoms with Crippen LogP contribution >= 0.6 is 0 Å². The predicted molar refractivity (Wildman–Crippen MR) is 87.2 cm³/mol. The Hall–Kier alpha value is -0.130. The van der Waals surface area contributed by atoms with E-state index in [2.05, 4.69) is 46.5 Å². The van der Waals surface area contributed by atoms with Crippen molar-refractivity contribution in [1.29, 1.82) is 0 Å². The van der Waals surface area contributed by atoms with E-state index in [1.807, 2.05) is 13.8 Å². The highest BCUT2D eigenvalue weighted by atomic mass is 32.2. The molecule has 0 spiro atoms. The van der Waals surface area contributed by atoms with Gasteiger partial charge in [-0.3, -0.25) is 0 Å². The first kappa shape index (κ1) is 19.9. The van der Waals surface area contributed by atoms with Gasteiger partial charge in [-0.15, -0.1) is 0 Å². The number of hydrogen-bond acceptors (Lipinski definition) is 2. The van der Waals surface area contributed by atoms with Gasteiger partial charge in [0.25, 0.3) is 0 Å². The van der Waals surface area contributed by atoms with Gasteiger partial charge in [0.2, 0.25) is 10.0 Å². The van der Waals surface area contributed by atoms with Crippen molar-refractivity contribution in [2.45, 2.75) is 59.1 Å². The van der Waals surface area contributed by atoms with Crippen LogP contribution in [0.15, 0.2) is 0 Å². The van der Waals surface area contributed by atoms with Crippen molar-refractivity contribution in [3.63, 3.8) is 0 Å². The summed E-state index contributed by atoms with van der Waals surface area (Å²) in [7, 11) is 1.06. The van der Waals surface area contributed by atoms with Crippen LogP contribution in [0, 0.1) is 5.41 Å². The maximum absolute atomic E-state index is 12.4. The summed E-state index contributed by atoms with van der Waals surface area (Å²) in [5.74, 6) is 0. The van der Waals surface area contributed by atoms with E-state index in [0.29, 0.717) is 13.0 Å². The van der Waals surface area contributed by atoms with Gasteiger partial charge in [0.15, 0.2) is 0 Å². The second-order valence-corrected chi connectivity index (χ2v) is 10.6. The van der Waals surface area contributed by atoms with Gasteiger partial charge in [-0.2, -0.15) is 0 Å². The van der Waals surface area contributed by atoms with E-state index in [9.17, 15) is 8.42 Å². The molecule has 0 unspecified atom stereocenters. The fourth-order valence-electron chi connectivity index (χ4n) is 2.44. The molecule has 0 aromatic heterocycles. The number of quaternary nitrogens is 1. The third kappa shape index (κ3) is 7.04. The van der Waals surface area contributed by atoms with Crippen LogP contribution < -0.4 is 4.72 Å². The molecule has 0 aliphatic heterocycles. The summed E-state index contributed by atoms with van der Waals surface area (Å²) >= 11 is 0. The number of nitrogens with one attached hydrogen (secondary N) is 1. The molecule has 0 radical (unpaired) electrons. The van der Waals surface area contributed by atoms with Crippen molar-refractivity contribution in [2.75, 3.05) is 33.7 Å². The van der Waals surface area contributed by atoms with Crippen LogP contribution in [0.4, 0.5) is 0 Å². The van der Waals surface area contributed by atoms with Crippen LogP contribution in [0.3, 0.4) is 0 Å². The minimum absolute atomic E-state index is 0.000654. The molecule has 4 nitrogen and oxygen atoms in total. The standard InChI is InChI=1S/C15H35N2O2S/c1-9-17(7,8)12-10-11-16-20(18,19)15(5,6)13-14(2,3)4/h16H,9-13H2,1-8H3/q+1. The zero-order chi connectivity index (χ0) is 16.2. The van der Waals surface area contributed by atoms with E-state index in [0.717, 1.165) is 24.0 Å². The second-order valence-electron chi connectivity index (χ2n) is 8.22. The van der Waals surface area contributed by atoms with Gasteiger partial charge < -0.3 is 4.48 Å². The van der Waals surface area contributed by atoms with E-state index in [4.69, 9.17) is 0 Å². The van der Waals surface area contributed by atoms with E-state index in [1.165, 1.54) is 0 Å². The normalized spacial score (nSPS) is 14.6. The Balaban J connectivity index is 4.46. The van der Waals surface area contributed by atoms with Gasteiger partial charge in [0.1, 0.15) is 0 Å². The maximum Gasteiger partial charge on any atom is 0.216 e. The van der Waals surface area contributed by atoms with Gasteiger partial charge >= 0.3 is 0 Å². The smallest absolute Gasteiger partial charge is 0.216 e. The lowest BCUT2D eigenvalue weighted by atomic mass is 9.86. The Morgan fingerprint density at radius 3 is 1.95 bits per heavy atom. The molecule has 0 bridgehead atoms. The monoisotopic (exact) mass is 307 g/mol. The fourth-order valence-corrected chi connectivity index (χ4v) is 3.87. The van der Waals surface area contributed by atoms with Crippen LogP contribution in [-0.2, 0) is 10.0 Å². The van der Waals surface area contributed by atoms with Gasteiger partial charge in [-0.1, -0.05) is 20.8 Å². The Morgan fingerprint density at radius 2 is 1.55 bits per heavy atom. The van der Waals surface area contributed by atoms with Gasteiger partial charge in [0, 0.05) is 13.0 Å². The molecule has 0 amide bonds. The van der Waals surface area contributed by atoms with E-state index in [-0.39, 0.29) is 5.41 Å². The third-order valence-electron chi connectivity index (χ3n) is 3.77. The van der Waals surface area contributed by atoms with E-state index < -0.39 is 14.8 Å². The molecular weight excluding hydrogens is 272 g/mol. The Morgan fingerprint density at radius 1 is 1.05 bits per heavy atom. The topological polar surface area (TPSA) is 46.2 Å². The Labute approximate surface area is 126 Å². The van der Waals surface area contributed by atoms with Crippen molar-refractivity contribution in [2.24, 2.45) is 5.41 Å². The molecule has 0 rings (SSSR count). The van der Waals surface area contributed by atoms with Gasteiger partial charge in [0.05, 0.1) is 31.9 Å². The summed E-state index contributed by atoms with van der Waals surface area (Å²) in [6, 6.07) is 0. The summed E-state index contributed by atoms with van der Waals surface area (Å²) in [4.78, 5) is 0. The average molecular weight is 308 g/mol. The number of nitrogens with zero attached hydrogens (tertiary/aromatic N) is 1. The van der Waals surface area contributed by atoms with Gasteiger partial charge in [-0.25, -0.2) is 13.1 Å². The summed E-state index contributed by atoms with van der Waals surface area (Å²) in [6.45, 7) is 14.6. The molecule has 0 atom stereocenters. The van der Waals surface area contributed by atoms with E-state index in [1.54, 1.807) is 0 Å². The Bertz CT molecular complexity index is 393. The highest BCUT2D eigenvalue weighted by Gasteiger charge is 2.37. The highest BCUT2D eigenvalue weighted by molar-refractivity contribution is 7.90. The molecule has 122 valence electrons. The molecule has 0 aliphatic carbocycles. The van der Waals surface area contributed by atoms with Crippen molar-refractivity contribution in [3.8, 4) is 0 Å². The summed E-state index contributed by atoms with van der Waals surface area (Å²) < 4.78 is 27.8. The molecule has 0 aromatic carbocycles. The third-order valence-corrected chi connectivity index (χ3v) is 5.96. The van der Waals surface area contributed by atoms with Crippen LogP contribution in [0.25, 0.3) is 0 Å². The van der Waals surface area contributed by atoms with Crippen molar-refractivity contribution in [3.05, 3.63) is 0 Å². The number of rotatable bonds is 8. The average Bonchev–Trinajstić information content (AvgIpc) is 2.21. The first-order chi connectivity index (χ1) is 8.72. The number of hydrogen-bond donors (Lipinski definition) is 1. The zero-order valence-corrected chi connectivity index (χ0v) is 15.5. The molecule has 0 fully saturated rings. The quantitative estimate of drug-likeness (QED) is 0.553. The number of sulfonamides is 1. The lowest BCUT2D eigenvalue weighted by Crippen LogP contribution is -2.46. The molecule has 0 saturated carbocycles. The highest BCUT2D eigenvalue weighted by Crippen LogP contribution is 2.31. The van der Waals surface area contributed by atoms with E-state index >= 15 is 0 Å². The molecule has 1 N–H and O–H groups in total. The molecule has 0 aromatic rings. The molecule has 5 heteroatoms. The predicted octanol–water partition coefficient (Wildman–Crippen LogP) is 2.61. The van der Waals surface area contributed by atoms with Crippen LogP contribution in [-0.4, -0.2) is 51.4 Å². The molecule has 20 heavy (non-hydrogen) atoms. The minimum atomic E-state index is -3.27. The minimum Gasteiger partial charge on any atom is -0.329 e. The largest absolute Gasteiger partial charge is 0.329 e. The van der Waals surface area contributed by atoms with Gasteiger partial charge in [-0.05, 0) is 32.6 Å². The van der Waals surface area contributed by atoms with Crippen molar-refractivity contribution >= 4 is 10.0 Å². The Kier molecular flexibility index (Phi) is 6.71. The van der Waals surface area contributed by atoms with Crippen LogP contribution in [0.1, 0.15) is 54.4 Å². The maximum atomic E-state index is 12.4. The second kappa shape index (κ2) is 6.75. The molecule has 0 saturated heterocycles. The fraction of sp³-hybridized carbons (Fsp3) is 1.00. The van der Waals surface area contributed by atoms with Crippen LogP contribution in [0.5, 0.6) is 0 Å². The molecule has 0 aliphatic rings. The summed E-state index contributed by atoms with van der Waals surface area (Å²) in [5, 5.41) is 0. The summed E-state index contributed by atoms with van der Waals surface area (Å²) in [5.41, 5.74) is -0.000654. The lowest BCUT2D eigenvalue weighted by Gasteiger charge is -2.32. The lowest BCUT2D eigenvalue weighted by molar-refractivity contribution is -0.888. The zero-order valence-electron chi connectivity index (χ0n) is 14.7. The SMILES string of the molecule is CC[N+](C)(C)CCCNS(=O)(=O)C(C)(C)CC(C)(C)C. The first-order valence-electron chi connectivity index (χ1n) is 7.54.